The molecule has 108 valence electrons. The molecular weight excluding hydrogens is 262 g/mol. The molecule has 0 aliphatic heterocycles. The molecule has 1 aliphatic carbocycles. The van der Waals surface area contributed by atoms with E-state index in [0.717, 1.165) is 17.7 Å². The molecule has 2 aromatic carbocycles. The number of hydrogen-bond donors (Lipinski definition) is 1. The third-order valence-corrected chi connectivity index (χ3v) is 3.98. The predicted octanol–water partition coefficient (Wildman–Crippen LogP) is 3.12. The van der Waals surface area contributed by atoms with Gasteiger partial charge in [-0.25, -0.2) is 0 Å². The summed E-state index contributed by atoms with van der Waals surface area (Å²) in [5, 5.41) is 3.02. The largest absolute Gasteiger partial charge is 0.497 e. The highest BCUT2D eigenvalue weighted by Gasteiger charge is 2.43. The van der Waals surface area contributed by atoms with Crippen LogP contribution in [-0.4, -0.2) is 13.0 Å². The molecule has 0 bridgehead atoms. The first-order valence-corrected chi connectivity index (χ1v) is 7.23. The van der Waals surface area contributed by atoms with Crippen molar-refractivity contribution in [2.24, 2.45) is 5.92 Å². The maximum atomic E-state index is 12.1. The number of ether oxygens (including phenoxy) is 1. The van der Waals surface area contributed by atoms with Gasteiger partial charge in [-0.2, -0.15) is 0 Å². The van der Waals surface area contributed by atoms with Gasteiger partial charge in [0.25, 0.3) is 0 Å². The minimum Gasteiger partial charge on any atom is -0.497 e. The zero-order valence-electron chi connectivity index (χ0n) is 12.1. The topological polar surface area (TPSA) is 38.3 Å². The Hall–Kier alpha value is -2.29. The van der Waals surface area contributed by atoms with E-state index in [1.54, 1.807) is 7.11 Å². The fourth-order valence-electron chi connectivity index (χ4n) is 2.62. The standard InChI is InChI=1S/C18H19NO2/c1-21-15-9-7-13(8-10-15)12-19-18(20)17-11-16(17)14-5-3-2-4-6-14/h2-10,16-17H,11-12H2,1H3,(H,19,20)/t16-,17-/m1/s1. The van der Waals surface area contributed by atoms with E-state index >= 15 is 0 Å². The molecule has 3 heteroatoms. The van der Waals surface area contributed by atoms with E-state index < -0.39 is 0 Å². The predicted molar refractivity (Wildman–Crippen MR) is 82.1 cm³/mol. The van der Waals surface area contributed by atoms with Crippen LogP contribution >= 0.6 is 0 Å². The number of benzene rings is 2. The molecule has 0 heterocycles. The Morgan fingerprint density at radius 2 is 1.86 bits per heavy atom. The highest BCUT2D eigenvalue weighted by Crippen LogP contribution is 2.47. The molecular formula is C18H19NO2. The van der Waals surface area contributed by atoms with Crippen LogP contribution in [0, 0.1) is 5.92 Å². The van der Waals surface area contributed by atoms with Gasteiger partial charge in [0.2, 0.25) is 5.91 Å². The molecule has 0 unspecified atom stereocenters. The van der Waals surface area contributed by atoms with Crippen LogP contribution in [0.2, 0.25) is 0 Å². The number of carbonyl (C=O) groups excluding carboxylic acids is 1. The Morgan fingerprint density at radius 3 is 2.52 bits per heavy atom. The Balaban J connectivity index is 1.51. The molecule has 1 saturated carbocycles. The molecule has 0 aromatic heterocycles. The number of nitrogens with one attached hydrogen (secondary N) is 1. The van der Waals surface area contributed by atoms with Crippen LogP contribution in [0.4, 0.5) is 0 Å². The average molecular weight is 281 g/mol. The van der Waals surface area contributed by atoms with Gasteiger partial charge in [0.05, 0.1) is 7.11 Å². The van der Waals surface area contributed by atoms with Crippen molar-refractivity contribution in [2.75, 3.05) is 7.11 Å². The van der Waals surface area contributed by atoms with E-state index in [9.17, 15) is 4.79 Å². The first-order chi connectivity index (χ1) is 10.3. The van der Waals surface area contributed by atoms with E-state index in [2.05, 4.69) is 17.4 Å². The third-order valence-electron chi connectivity index (χ3n) is 3.98. The zero-order valence-corrected chi connectivity index (χ0v) is 12.1. The first-order valence-electron chi connectivity index (χ1n) is 7.23. The van der Waals surface area contributed by atoms with Crippen LogP contribution in [-0.2, 0) is 11.3 Å². The lowest BCUT2D eigenvalue weighted by molar-refractivity contribution is -0.122. The molecule has 0 spiro atoms. The quantitative estimate of drug-likeness (QED) is 0.914. The molecule has 1 aliphatic rings. The Labute approximate surface area is 124 Å². The van der Waals surface area contributed by atoms with Crippen LogP contribution in [0.15, 0.2) is 54.6 Å². The molecule has 1 N–H and O–H groups in total. The minimum absolute atomic E-state index is 0.130. The summed E-state index contributed by atoms with van der Waals surface area (Å²) in [4.78, 5) is 12.1. The second-order valence-electron chi connectivity index (χ2n) is 5.43. The summed E-state index contributed by atoms with van der Waals surface area (Å²) in [5.41, 5.74) is 2.35. The van der Waals surface area contributed by atoms with Gasteiger partial charge in [-0.1, -0.05) is 42.5 Å². The second kappa shape index (κ2) is 6.00. The van der Waals surface area contributed by atoms with Crippen LogP contribution < -0.4 is 10.1 Å². The minimum atomic E-state index is 0.130. The van der Waals surface area contributed by atoms with Gasteiger partial charge in [0, 0.05) is 12.5 Å². The van der Waals surface area contributed by atoms with Gasteiger partial charge in [0.15, 0.2) is 0 Å². The highest BCUT2D eigenvalue weighted by atomic mass is 16.5. The maximum absolute atomic E-state index is 12.1. The Morgan fingerprint density at radius 1 is 1.14 bits per heavy atom. The summed E-state index contributed by atoms with van der Waals surface area (Å²) in [5.74, 6) is 1.50. The lowest BCUT2D eigenvalue weighted by Gasteiger charge is -2.06. The number of methoxy groups -OCH3 is 1. The van der Waals surface area contributed by atoms with E-state index in [1.165, 1.54) is 5.56 Å². The molecule has 1 fully saturated rings. The van der Waals surface area contributed by atoms with Gasteiger partial charge < -0.3 is 10.1 Å². The molecule has 2 atom stereocenters. The number of rotatable bonds is 5. The van der Waals surface area contributed by atoms with Crippen LogP contribution in [0.25, 0.3) is 0 Å². The summed E-state index contributed by atoms with van der Waals surface area (Å²) in [6, 6.07) is 18.0. The molecule has 1 amide bonds. The smallest absolute Gasteiger partial charge is 0.224 e. The fourth-order valence-corrected chi connectivity index (χ4v) is 2.62. The van der Waals surface area contributed by atoms with Crippen LogP contribution in [0.1, 0.15) is 23.5 Å². The zero-order chi connectivity index (χ0) is 14.7. The third kappa shape index (κ3) is 3.24. The SMILES string of the molecule is COc1ccc(CNC(=O)[C@@H]2C[C@@H]2c2ccccc2)cc1. The molecule has 3 rings (SSSR count). The Kier molecular flexibility index (Phi) is 3.91. The second-order valence-corrected chi connectivity index (χ2v) is 5.43. The first kappa shape index (κ1) is 13.7. The van der Waals surface area contributed by atoms with Gasteiger partial charge in [0.1, 0.15) is 5.75 Å². The highest BCUT2D eigenvalue weighted by molar-refractivity contribution is 5.82. The molecule has 2 aromatic rings. The van der Waals surface area contributed by atoms with Crippen LogP contribution in [0.3, 0.4) is 0 Å². The summed E-state index contributed by atoms with van der Waals surface area (Å²) >= 11 is 0. The van der Waals surface area contributed by atoms with Gasteiger partial charge in [-0.3, -0.25) is 4.79 Å². The number of amides is 1. The number of carbonyl (C=O) groups is 1. The van der Waals surface area contributed by atoms with Crippen molar-refractivity contribution in [3.05, 3.63) is 65.7 Å². The van der Waals surface area contributed by atoms with Crippen molar-refractivity contribution in [1.29, 1.82) is 0 Å². The monoisotopic (exact) mass is 281 g/mol. The summed E-state index contributed by atoms with van der Waals surface area (Å²) < 4.78 is 5.12. The van der Waals surface area contributed by atoms with Gasteiger partial charge in [-0.15, -0.1) is 0 Å². The fraction of sp³-hybridized carbons (Fsp3) is 0.278. The van der Waals surface area contributed by atoms with E-state index in [0.29, 0.717) is 12.5 Å². The van der Waals surface area contributed by atoms with Crippen molar-refractivity contribution < 1.29 is 9.53 Å². The van der Waals surface area contributed by atoms with Crippen molar-refractivity contribution in [3.63, 3.8) is 0 Å². The average Bonchev–Trinajstić information content (AvgIpc) is 3.35. The van der Waals surface area contributed by atoms with E-state index in [1.807, 2.05) is 42.5 Å². The number of hydrogen-bond acceptors (Lipinski definition) is 2. The van der Waals surface area contributed by atoms with Crippen molar-refractivity contribution in [3.8, 4) is 5.75 Å². The summed E-state index contributed by atoms with van der Waals surface area (Å²) in [7, 11) is 1.65. The lowest BCUT2D eigenvalue weighted by Crippen LogP contribution is -2.24. The molecule has 0 saturated heterocycles. The lowest BCUT2D eigenvalue weighted by atomic mass is 10.1. The van der Waals surface area contributed by atoms with Crippen molar-refractivity contribution in [1.82, 2.24) is 5.32 Å². The van der Waals surface area contributed by atoms with Crippen molar-refractivity contribution >= 4 is 5.91 Å². The summed E-state index contributed by atoms with van der Waals surface area (Å²) in [6.45, 7) is 0.570. The molecule has 21 heavy (non-hydrogen) atoms. The van der Waals surface area contributed by atoms with Crippen molar-refractivity contribution in [2.45, 2.75) is 18.9 Å². The van der Waals surface area contributed by atoms with E-state index in [-0.39, 0.29) is 11.8 Å². The summed E-state index contributed by atoms with van der Waals surface area (Å²) in [6.07, 6.45) is 0.957. The normalized spacial score (nSPS) is 19.9. The Bertz CT molecular complexity index is 607. The van der Waals surface area contributed by atoms with Gasteiger partial charge >= 0.3 is 0 Å². The molecule has 3 nitrogen and oxygen atoms in total. The van der Waals surface area contributed by atoms with Gasteiger partial charge in [-0.05, 0) is 35.6 Å². The van der Waals surface area contributed by atoms with E-state index in [4.69, 9.17) is 4.74 Å². The van der Waals surface area contributed by atoms with Crippen LogP contribution in [0.5, 0.6) is 5.75 Å². The molecule has 0 radical (unpaired) electrons. The maximum Gasteiger partial charge on any atom is 0.224 e.